The molecule has 1 saturated heterocycles. The third-order valence-corrected chi connectivity index (χ3v) is 5.53. The lowest BCUT2D eigenvalue weighted by Crippen LogP contribution is -2.41. The summed E-state index contributed by atoms with van der Waals surface area (Å²) in [4.78, 5) is 16.3. The molecule has 2 rings (SSSR count). The van der Waals surface area contributed by atoms with Crippen LogP contribution in [0.2, 0.25) is 0 Å². The highest BCUT2D eigenvalue weighted by Gasteiger charge is 2.18. The van der Waals surface area contributed by atoms with E-state index in [9.17, 15) is 9.18 Å². The van der Waals surface area contributed by atoms with Crippen LogP contribution in [0, 0.1) is 11.7 Å². The second-order valence-electron chi connectivity index (χ2n) is 6.17. The van der Waals surface area contributed by atoms with Crippen molar-refractivity contribution < 1.29 is 9.18 Å². The van der Waals surface area contributed by atoms with E-state index in [1.165, 1.54) is 30.7 Å². The zero-order chi connectivity index (χ0) is 18.1. The molecule has 1 aliphatic heterocycles. The molecule has 2 atom stereocenters. The number of carbonyl (C=O) groups excluding carboxylic acids is 1. The first-order chi connectivity index (χ1) is 12.1. The van der Waals surface area contributed by atoms with Crippen LogP contribution in [0.15, 0.2) is 29.3 Å². The van der Waals surface area contributed by atoms with Gasteiger partial charge in [-0.25, -0.2) is 4.39 Å². The van der Waals surface area contributed by atoms with Gasteiger partial charge in [-0.2, -0.15) is 11.8 Å². The molecule has 0 saturated carbocycles. The summed E-state index contributed by atoms with van der Waals surface area (Å²) in [5.41, 5.74) is 6.40. The molecule has 0 bridgehead atoms. The molecule has 1 aromatic carbocycles. The average molecular weight is 367 g/mol. The summed E-state index contributed by atoms with van der Waals surface area (Å²) in [6, 6.07) is 6.13. The van der Waals surface area contributed by atoms with E-state index in [-0.39, 0.29) is 5.82 Å². The third-order valence-electron chi connectivity index (χ3n) is 4.13. The fourth-order valence-electron chi connectivity index (χ4n) is 2.72. The van der Waals surface area contributed by atoms with Gasteiger partial charge in [0, 0.05) is 18.3 Å². The van der Waals surface area contributed by atoms with Crippen LogP contribution in [0.3, 0.4) is 0 Å². The molecule has 1 heterocycles. The van der Waals surface area contributed by atoms with Crippen LogP contribution in [-0.4, -0.2) is 42.5 Å². The molecule has 7 heteroatoms. The van der Waals surface area contributed by atoms with Gasteiger partial charge in [0.05, 0.1) is 12.5 Å². The fourth-order valence-corrected chi connectivity index (χ4v) is 3.92. The highest BCUT2D eigenvalue weighted by molar-refractivity contribution is 8.00. The summed E-state index contributed by atoms with van der Waals surface area (Å²) >= 11 is 1.98. The number of thioether (sulfide) groups is 1. The average Bonchev–Trinajstić information content (AvgIpc) is 3.11. The number of nitrogens with one attached hydrogen (secondary N) is 2. The molecule has 5 nitrogen and oxygen atoms in total. The fraction of sp³-hybridized carbons (Fsp3) is 0.556. The number of benzene rings is 1. The number of halogens is 1. The van der Waals surface area contributed by atoms with Crippen LogP contribution in [-0.2, 0) is 11.2 Å². The number of rotatable bonds is 8. The number of nitrogens with two attached hydrogens (primary N) is 1. The number of hydrogen-bond acceptors (Lipinski definition) is 3. The Morgan fingerprint density at radius 3 is 2.76 bits per heavy atom. The molecule has 0 aliphatic carbocycles. The molecule has 4 N–H and O–H groups in total. The first kappa shape index (κ1) is 19.6. The van der Waals surface area contributed by atoms with E-state index >= 15 is 0 Å². The van der Waals surface area contributed by atoms with Gasteiger partial charge in [0.2, 0.25) is 5.91 Å². The SMILES string of the molecule is CCNC(=NCC(Cc1ccc(F)cc1)C(N)=O)NCC1CCCS1. The Morgan fingerprint density at radius 1 is 1.40 bits per heavy atom. The van der Waals surface area contributed by atoms with Crippen molar-refractivity contribution in [3.05, 3.63) is 35.6 Å². The highest BCUT2D eigenvalue weighted by atomic mass is 32.2. The molecule has 2 unspecified atom stereocenters. The Bertz CT molecular complexity index is 573. The van der Waals surface area contributed by atoms with Gasteiger partial charge in [0.1, 0.15) is 5.82 Å². The van der Waals surface area contributed by atoms with E-state index in [0.29, 0.717) is 24.2 Å². The van der Waals surface area contributed by atoms with Crippen molar-refractivity contribution in [3.8, 4) is 0 Å². The summed E-state index contributed by atoms with van der Waals surface area (Å²) in [6.07, 6.45) is 2.95. The maximum atomic E-state index is 13.0. The third kappa shape index (κ3) is 6.94. The lowest BCUT2D eigenvalue weighted by atomic mass is 9.99. The second kappa shape index (κ2) is 10.3. The summed E-state index contributed by atoms with van der Waals surface area (Å²) in [5.74, 6) is 0.833. The molecule has 0 aromatic heterocycles. The molecule has 0 spiro atoms. The van der Waals surface area contributed by atoms with Gasteiger partial charge in [-0.05, 0) is 49.6 Å². The summed E-state index contributed by atoms with van der Waals surface area (Å²) in [7, 11) is 0. The maximum absolute atomic E-state index is 13.0. The van der Waals surface area contributed by atoms with E-state index in [1.807, 2.05) is 18.7 Å². The maximum Gasteiger partial charge on any atom is 0.222 e. The van der Waals surface area contributed by atoms with Gasteiger partial charge >= 0.3 is 0 Å². The topological polar surface area (TPSA) is 79.5 Å². The zero-order valence-electron chi connectivity index (χ0n) is 14.6. The number of aliphatic imine (C=N–C) groups is 1. The lowest BCUT2D eigenvalue weighted by Gasteiger charge is -2.16. The van der Waals surface area contributed by atoms with Crippen LogP contribution in [0.4, 0.5) is 4.39 Å². The molecule has 0 radical (unpaired) electrons. The molecular formula is C18H27FN4OS. The highest BCUT2D eigenvalue weighted by Crippen LogP contribution is 2.25. The minimum Gasteiger partial charge on any atom is -0.369 e. The predicted octanol–water partition coefficient (Wildman–Crippen LogP) is 1.92. The van der Waals surface area contributed by atoms with Crippen LogP contribution in [0.25, 0.3) is 0 Å². The molecule has 138 valence electrons. The van der Waals surface area contributed by atoms with Crippen molar-refractivity contribution in [2.75, 3.05) is 25.4 Å². The van der Waals surface area contributed by atoms with Crippen LogP contribution < -0.4 is 16.4 Å². The number of hydrogen-bond donors (Lipinski definition) is 3. The Morgan fingerprint density at radius 2 is 2.16 bits per heavy atom. The molecule has 25 heavy (non-hydrogen) atoms. The molecule has 1 aliphatic rings. The summed E-state index contributed by atoms with van der Waals surface area (Å²) in [5, 5.41) is 7.17. The number of amides is 1. The molecular weight excluding hydrogens is 339 g/mol. The minimum absolute atomic E-state index is 0.291. The van der Waals surface area contributed by atoms with Crippen molar-refractivity contribution in [2.24, 2.45) is 16.6 Å². The van der Waals surface area contributed by atoms with Crippen molar-refractivity contribution in [1.29, 1.82) is 0 Å². The Balaban J connectivity index is 1.93. The van der Waals surface area contributed by atoms with Gasteiger partial charge in [-0.3, -0.25) is 9.79 Å². The van der Waals surface area contributed by atoms with Gasteiger partial charge in [0.25, 0.3) is 0 Å². The Labute approximate surface area is 153 Å². The van der Waals surface area contributed by atoms with E-state index in [0.717, 1.165) is 18.7 Å². The summed E-state index contributed by atoms with van der Waals surface area (Å²) < 4.78 is 13.0. The predicted molar refractivity (Wildman–Crippen MR) is 102 cm³/mol. The van der Waals surface area contributed by atoms with Crippen LogP contribution >= 0.6 is 11.8 Å². The van der Waals surface area contributed by atoms with Gasteiger partial charge in [-0.1, -0.05) is 12.1 Å². The standard InChI is InChI=1S/C18H27FN4OS/c1-2-21-18(23-12-16-4-3-9-25-16)22-11-14(17(20)24)10-13-5-7-15(19)8-6-13/h5-8,14,16H,2-4,9-12H2,1H3,(H2,20,24)(H2,21,22,23). The monoisotopic (exact) mass is 366 g/mol. The van der Waals surface area contributed by atoms with E-state index in [2.05, 4.69) is 15.6 Å². The Hall–Kier alpha value is -1.76. The normalized spacial score (nSPS) is 18.8. The van der Waals surface area contributed by atoms with Crippen LogP contribution in [0.1, 0.15) is 25.3 Å². The Kier molecular flexibility index (Phi) is 8.04. The van der Waals surface area contributed by atoms with Crippen molar-refractivity contribution in [3.63, 3.8) is 0 Å². The molecule has 1 aromatic rings. The summed E-state index contributed by atoms with van der Waals surface area (Å²) in [6.45, 7) is 3.93. The van der Waals surface area contributed by atoms with Gasteiger partial charge in [0.15, 0.2) is 5.96 Å². The first-order valence-electron chi connectivity index (χ1n) is 8.76. The first-order valence-corrected chi connectivity index (χ1v) is 9.81. The second-order valence-corrected chi connectivity index (χ2v) is 7.57. The number of carbonyl (C=O) groups is 1. The smallest absolute Gasteiger partial charge is 0.222 e. The zero-order valence-corrected chi connectivity index (χ0v) is 15.4. The number of primary amides is 1. The van der Waals surface area contributed by atoms with E-state index in [1.54, 1.807) is 12.1 Å². The van der Waals surface area contributed by atoms with E-state index < -0.39 is 11.8 Å². The number of guanidine groups is 1. The largest absolute Gasteiger partial charge is 0.369 e. The molecule has 1 amide bonds. The van der Waals surface area contributed by atoms with Crippen molar-refractivity contribution in [1.82, 2.24) is 10.6 Å². The van der Waals surface area contributed by atoms with Crippen molar-refractivity contribution in [2.45, 2.75) is 31.4 Å². The van der Waals surface area contributed by atoms with Gasteiger partial charge < -0.3 is 16.4 Å². The quantitative estimate of drug-likeness (QED) is 0.485. The lowest BCUT2D eigenvalue weighted by molar-refractivity contribution is -0.121. The van der Waals surface area contributed by atoms with Crippen LogP contribution in [0.5, 0.6) is 0 Å². The number of nitrogens with zero attached hydrogens (tertiary/aromatic N) is 1. The molecule has 1 fully saturated rings. The minimum atomic E-state index is -0.415. The van der Waals surface area contributed by atoms with Gasteiger partial charge in [-0.15, -0.1) is 0 Å². The van der Waals surface area contributed by atoms with E-state index in [4.69, 9.17) is 5.73 Å². The van der Waals surface area contributed by atoms with Crippen molar-refractivity contribution >= 4 is 23.6 Å².